The second kappa shape index (κ2) is 15.9. The van der Waals surface area contributed by atoms with Gasteiger partial charge < -0.3 is 18.9 Å². The summed E-state index contributed by atoms with van der Waals surface area (Å²) < 4.78 is 22.5. The van der Waals surface area contributed by atoms with E-state index in [0.29, 0.717) is 31.9 Å². The molecule has 0 saturated heterocycles. The maximum atomic E-state index is 12.9. The third kappa shape index (κ3) is 16.1. The minimum absolute atomic E-state index is 0.120. The second-order valence-electron chi connectivity index (χ2n) is 13.5. The van der Waals surface area contributed by atoms with Crippen molar-refractivity contribution < 1.29 is 33.3 Å². The van der Waals surface area contributed by atoms with E-state index in [0.717, 1.165) is 11.1 Å². The number of nitrogens with zero attached hydrogens (tertiary/aromatic N) is 1. The molecule has 0 aliphatic heterocycles. The van der Waals surface area contributed by atoms with Crippen LogP contribution in [0.2, 0.25) is 0 Å². The second-order valence-corrected chi connectivity index (χ2v) is 13.5. The van der Waals surface area contributed by atoms with Crippen LogP contribution in [0.25, 0.3) is 0 Å². The molecular formula is C34H50N2O7. The summed E-state index contributed by atoms with van der Waals surface area (Å²) in [6, 6.07) is 16.6. The summed E-state index contributed by atoms with van der Waals surface area (Å²) in [7, 11) is 0. The largest absolute Gasteiger partial charge is 0.492 e. The standard InChI is InChI=1S/C34H50N2O7/c1-32(2,3)41-29(37)22-35-28(31(39)43-34(7,8)9)21-25-15-17-27(18-16-25)40-20-19-36(23-26-13-11-10-12-14-26)24-30(38)42-33(4,5)6/h10-18,28,35H,19-24H2,1-9H3/t28-/m0/s1. The quantitative estimate of drug-likeness (QED) is 0.235. The molecule has 0 bridgehead atoms. The Bertz CT molecular complexity index is 1160. The highest BCUT2D eigenvalue weighted by Crippen LogP contribution is 2.17. The number of nitrogens with one attached hydrogen (secondary N) is 1. The molecule has 0 radical (unpaired) electrons. The Morgan fingerprint density at radius 2 is 1.28 bits per heavy atom. The van der Waals surface area contributed by atoms with Crippen molar-refractivity contribution in [3.05, 3.63) is 65.7 Å². The number of carbonyl (C=O) groups is 3. The molecule has 0 amide bonds. The monoisotopic (exact) mass is 598 g/mol. The first-order valence-corrected chi connectivity index (χ1v) is 14.8. The van der Waals surface area contributed by atoms with Crippen molar-refractivity contribution in [2.24, 2.45) is 0 Å². The fourth-order valence-corrected chi connectivity index (χ4v) is 4.06. The van der Waals surface area contributed by atoms with Crippen LogP contribution in [-0.2, 0) is 41.6 Å². The molecule has 1 N–H and O–H groups in total. The van der Waals surface area contributed by atoms with Gasteiger partial charge in [0.2, 0.25) is 0 Å². The zero-order chi connectivity index (χ0) is 32.3. The van der Waals surface area contributed by atoms with Crippen LogP contribution in [0.4, 0.5) is 0 Å². The van der Waals surface area contributed by atoms with Crippen molar-refractivity contribution in [2.75, 3.05) is 26.2 Å². The van der Waals surface area contributed by atoms with Gasteiger partial charge in [0, 0.05) is 13.1 Å². The average molecular weight is 599 g/mol. The smallest absolute Gasteiger partial charge is 0.324 e. The lowest BCUT2D eigenvalue weighted by atomic mass is 10.1. The van der Waals surface area contributed by atoms with Crippen molar-refractivity contribution in [3.63, 3.8) is 0 Å². The molecule has 0 unspecified atom stereocenters. The number of ether oxygens (including phenoxy) is 4. The topological polar surface area (TPSA) is 103 Å². The van der Waals surface area contributed by atoms with Gasteiger partial charge in [-0.1, -0.05) is 42.5 Å². The highest BCUT2D eigenvalue weighted by molar-refractivity contribution is 5.78. The van der Waals surface area contributed by atoms with Crippen LogP contribution in [-0.4, -0.2) is 71.9 Å². The Labute approximate surface area is 257 Å². The predicted octanol–water partition coefficient (Wildman–Crippen LogP) is 5.09. The summed E-state index contributed by atoms with van der Waals surface area (Å²) in [6.07, 6.45) is 0.318. The van der Waals surface area contributed by atoms with E-state index < -0.39 is 34.8 Å². The predicted molar refractivity (Wildman–Crippen MR) is 167 cm³/mol. The molecule has 0 aliphatic rings. The van der Waals surface area contributed by atoms with Gasteiger partial charge in [-0.15, -0.1) is 0 Å². The first-order valence-electron chi connectivity index (χ1n) is 14.8. The Morgan fingerprint density at radius 1 is 0.721 bits per heavy atom. The lowest BCUT2D eigenvalue weighted by Gasteiger charge is -2.25. The molecule has 43 heavy (non-hydrogen) atoms. The van der Waals surface area contributed by atoms with E-state index in [1.165, 1.54) is 0 Å². The third-order valence-electron chi connectivity index (χ3n) is 5.67. The minimum Gasteiger partial charge on any atom is -0.492 e. The number of benzene rings is 2. The van der Waals surface area contributed by atoms with E-state index in [-0.39, 0.29) is 19.1 Å². The number of hydrogen-bond donors (Lipinski definition) is 1. The number of carbonyl (C=O) groups excluding carboxylic acids is 3. The SMILES string of the molecule is CC(C)(C)OC(=O)CN[C@@H](Cc1ccc(OCCN(CC(=O)OC(C)(C)C)Cc2ccccc2)cc1)C(=O)OC(C)(C)C. The molecule has 2 aromatic rings. The van der Waals surface area contributed by atoms with Gasteiger partial charge in [0.15, 0.2) is 0 Å². The highest BCUT2D eigenvalue weighted by Gasteiger charge is 2.27. The van der Waals surface area contributed by atoms with Crippen LogP contribution in [0.15, 0.2) is 54.6 Å². The Kier molecular flexibility index (Phi) is 13.2. The van der Waals surface area contributed by atoms with Crippen LogP contribution < -0.4 is 10.1 Å². The summed E-state index contributed by atoms with van der Waals surface area (Å²) in [5.41, 5.74) is 0.121. The first-order chi connectivity index (χ1) is 19.9. The van der Waals surface area contributed by atoms with Crippen LogP contribution in [0.3, 0.4) is 0 Å². The van der Waals surface area contributed by atoms with E-state index in [1.54, 1.807) is 41.5 Å². The average Bonchev–Trinajstić information content (AvgIpc) is 2.84. The molecule has 9 nitrogen and oxygen atoms in total. The lowest BCUT2D eigenvalue weighted by Crippen LogP contribution is -2.45. The van der Waals surface area contributed by atoms with Crippen LogP contribution in [0.1, 0.15) is 73.4 Å². The zero-order valence-corrected chi connectivity index (χ0v) is 27.3. The van der Waals surface area contributed by atoms with Gasteiger partial charge in [0.05, 0.1) is 13.1 Å². The van der Waals surface area contributed by atoms with Gasteiger partial charge in [0.25, 0.3) is 0 Å². The Balaban J connectivity index is 2.00. The van der Waals surface area contributed by atoms with Gasteiger partial charge in [-0.05, 0) is 92.0 Å². The van der Waals surface area contributed by atoms with Gasteiger partial charge in [-0.2, -0.15) is 0 Å². The van der Waals surface area contributed by atoms with Crippen LogP contribution in [0.5, 0.6) is 5.75 Å². The molecule has 0 aromatic heterocycles. The first kappa shape index (κ1) is 35.8. The molecule has 0 aliphatic carbocycles. The van der Waals surface area contributed by atoms with Gasteiger partial charge >= 0.3 is 17.9 Å². The van der Waals surface area contributed by atoms with Gasteiger partial charge in [0.1, 0.15) is 35.2 Å². The fraction of sp³-hybridized carbons (Fsp3) is 0.559. The van der Waals surface area contributed by atoms with Crippen molar-refractivity contribution in [1.82, 2.24) is 10.2 Å². The summed E-state index contributed by atoms with van der Waals surface area (Å²) in [5, 5.41) is 3.00. The molecule has 2 rings (SSSR count). The molecule has 2 aromatic carbocycles. The number of rotatable bonds is 14. The lowest BCUT2D eigenvalue weighted by molar-refractivity contribution is -0.159. The molecule has 0 heterocycles. The molecular weight excluding hydrogens is 548 g/mol. The van der Waals surface area contributed by atoms with E-state index in [4.69, 9.17) is 18.9 Å². The van der Waals surface area contributed by atoms with Crippen molar-refractivity contribution in [2.45, 2.75) is 98.1 Å². The van der Waals surface area contributed by atoms with E-state index >= 15 is 0 Å². The van der Waals surface area contributed by atoms with Crippen molar-refractivity contribution in [1.29, 1.82) is 0 Å². The molecule has 238 valence electrons. The highest BCUT2D eigenvalue weighted by atomic mass is 16.6. The van der Waals surface area contributed by atoms with Crippen molar-refractivity contribution >= 4 is 17.9 Å². The van der Waals surface area contributed by atoms with Crippen molar-refractivity contribution in [3.8, 4) is 5.75 Å². The van der Waals surface area contributed by atoms with Gasteiger partial charge in [-0.25, -0.2) is 0 Å². The number of hydrogen-bond acceptors (Lipinski definition) is 9. The van der Waals surface area contributed by atoms with Crippen LogP contribution in [0, 0.1) is 0 Å². The normalized spacial score (nSPS) is 12.9. The molecule has 0 saturated carbocycles. The fourth-order valence-electron chi connectivity index (χ4n) is 4.06. The Morgan fingerprint density at radius 3 is 1.84 bits per heavy atom. The van der Waals surface area contributed by atoms with Gasteiger partial charge in [-0.3, -0.25) is 24.6 Å². The van der Waals surface area contributed by atoms with E-state index in [1.807, 2.05) is 80.3 Å². The summed E-state index contributed by atoms with van der Waals surface area (Å²) >= 11 is 0. The molecule has 1 atom stereocenters. The summed E-state index contributed by atoms with van der Waals surface area (Å²) in [6.45, 7) is 17.9. The maximum absolute atomic E-state index is 12.9. The summed E-state index contributed by atoms with van der Waals surface area (Å²) in [4.78, 5) is 39.7. The zero-order valence-electron chi connectivity index (χ0n) is 27.3. The molecule has 9 heteroatoms. The molecule has 0 spiro atoms. The minimum atomic E-state index is -0.738. The van der Waals surface area contributed by atoms with E-state index in [2.05, 4.69) is 5.32 Å². The molecule has 0 fully saturated rings. The Hall–Kier alpha value is -3.43. The maximum Gasteiger partial charge on any atom is 0.324 e. The van der Waals surface area contributed by atoms with Crippen LogP contribution >= 0.6 is 0 Å². The summed E-state index contributed by atoms with van der Waals surface area (Å²) in [5.74, 6) is -0.513. The third-order valence-corrected chi connectivity index (χ3v) is 5.67. The number of esters is 3. The van der Waals surface area contributed by atoms with E-state index in [9.17, 15) is 14.4 Å².